The average Bonchev–Trinajstić information content (AvgIpc) is 2.36. The number of amidine groups is 1. The van der Waals surface area contributed by atoms with Crippen molar-refractivity contribution in [3.8, 4) is 11.5 Å². The molecule has 3 N–H and O–H groups in total. The summed E-state index contributed by atoms with van der Waals surface area (Å²) in [4.78, 5) is 0. The van der Waals surface area contributed by atoms with Gasteiger partial charge in [-0.25, -0.2) is 0 Å². The topological polar surface area (TPSA) is 68.3 Å². The number of nitrogens with one attached hydrogen (secondary N) is 1. The predicted octanol–water partition coefficient (Wildman–Crippen LogP) is 2.50. The van der Waals surface area contributed by atoms with Crippen LogP contribution in [-0.2, 0) is 0 Å². The molecule has 100 valence electrons. The van der Waals surface area contributed by atoms with E-state index in [9.17, 15) is 0 Å². The molecule has 0 heterocycles. The van der Waals surface area contributed by atoms with Crippen LogP contribution < -0.4 is 15.2 Å². The van der Waals surface area contributed by atoms with Crippen molar-refractivity contribution in [2.45, 2.75) is 13.3 Å². The van der Waals surface area contributed by atoms with Gasteiger partial charge in [0.2, 0.25) is 0 Å². The molecule has 0 saturated carbocycles. The van der Waals surface area contributed by atoms with Crippen molar-refractivity contribution in [1.29, 1.82) is 5.41 Å². The first-order chi connectivity index (χ1) is 8.69. The van der Waals surface area contributed by atoms with E-state index in [-0.39, 0.29) is 5.84 Å². The van der Waals surface area contributed by atoms with Crippen LogP contribution in [0, 0.1) is 5.41 Å². The van der Waals surface area contributed by atoms with Crippen LogP contribution >= 0.6 is 11.8 Å². The zero-order valence-electron chi connectivity index (χ0n) is 10.9. The van der Waals surface area contributed by atoms with Crippen molar-refractivity contribution < 1.29 is 9.47 Å². The van der Waals surface area contributed by atoms with Gasteiger partial charge in [0.05, 0.1) is 13.2 Å². The Morgan fingerprint density at radius 3 is 2.72 bits per heavy atom. The van der Waals surface area contributed by atoms with Gasteiger partial charge < -0.3 is 15.2 Å². The molecule has 18 heavy (non-hydrogen) atoms. The zero-order chi connectivity index (χ0) is 13.4. The second-order valence-corrected chi connectivity index (χ2v) is 4.69. The van der Waals surface area contributed by atoms with Gasteiger partial charge in [-0.2, -0.15) is 11.8 Å². The van der Waals surface area contributed by atoms with Crippen LogP contribution in [0.4, 0.5) is 0 Å². The second kappa shape index (κ2) is 7.87. The highest BCUT2D eigenvalue weighted by Gasteiger charge is 2.07. The third kappa shape index (κ3) is 4.49. The van der Waals surface area contributed by atoms with Crippen molar-refractivity contribution in [2.24, 2.45) is 5.73 Å². The standard InChI is InChI=1S/C13H20N2O2S/c1-3-16-12-9-10(13(14)15)5-6-11(12)17-7-4-8-18-2/h5-6,9H,3-4,7-8H2,1-2H3,(H3,14,15). The summed E-state index contributed by atoms with van der Waals surface area (Å²) in [5.41, 5.74) is 6.10. The maximum Gasteiger partial charge on any atom is 0.161 e. The summed E-state index contributed by atoms with van der Waals surface area (Å²) in [6, 6.07) is 5.32. The summed E-state index contributed by atoms with van der Waals surface area (Å²) < 4.78 is 11.2. The lowest BCUT2D eigenvalue weighted by atomic mass is 10.2. The number of benzene rings is 1. The minimum absolute atomic E-state index is 0.0323. The lowest BCUT2D eigenvalue weighted by molar-refractivity contribution is 0.277. The summed E-state index contributed by atoms with van der Waals surface area (Å²) in [6.45, 7) is 3.14. The summed E-state index contributed by atoms with van der Waals surface area (Å²) in [7, 11) is 0. The molecular weight excluding hydrogens is 248 g/mol. The van der Waals surface area contributed by atoms with Gasteiger partial charge in [0.15, 0.2) is 11.5 Å². The number of rotatable bonds is 8. The summed E-state index contributed by atoms with van der Waals surface area (Å²) in [6.07, 6.45) is 3.08. The quantitative estimate of drug-likeness (QED) is 0.432. The summed E-state index contributed by atoms with van der Waals surface area (Å²) in [5, 5.41) is 7.41. The highest BCUT2D eigenvalue weighted by atomic mass is 32.2. The van der Waals surface area contributed by atoms with Gasteiger partial charge in [-0.1, -0.05) is 0 Å². The number of nitrogens with two attached hydrogens (primary N) is 1. The third-order valence-corrected chi connectivity index (χ3v) is 3.00. The monoisotopic (exact) mass is 268 g/mol. The summed E-state index contributed by atoms with van der Waals surface area (Å²) in [5.74, 6) is 2.47. The molecule has 4 nitrogen and oxygen atoms in total. The van der Waals surface area contributed by atoms with E-state index in [1.807, 2.05) is 6.92 Å². The average molecular weight is 268 g/mol. The number of nitrogen functional groups attached to an aromatic ring is 1. The number of ether oxygens (including phenoxy) is 2. The SMILES string of the molecule is CCOc1cc(C(=N)N)ccc1OCCCSC. The Bertz CT molecular complexity index is 397. The van der Waals surface area contributed by atoms with Crippen molar-refractivity contribution >= 4 is 17.6 Å². The highest BCUT2D eigenvalue weighted by Crippen LogP contribution is 2.28. The molecule has 0 aliphatic rings. The van der Waals surface area contributed by atoms with E-state index >= 15 is 0 Å². The maximum absolute atomic E-state index is 7.41. The first-order valence-corrected chi connectivity index (χ1v) is 7.31. The number of thioether (sulfide) groups is 1. The molecule has 0 unspecified atom stereocenters. The van der Waals surface area contributed by atoms with Crippen LogP contribution in [0.5, 0.6) is 11.5 Å². The van der Waals surface area contributed by atoms with Gasteiger partial charge >= 0.3 is 0 Å². The molecule has 1 aromatic rings. The fourth-order valence-electron chi connectivity index (χ4n) is 1.45. The minimum atomic E-state index is 0.0323. The van der Waals surface area contributed by atoms with Crippen LogP contribution in [-0.4, -0.2) is 31.1 Å². The molecule has 0 aliphatic heterocycles. The molecule has 0 atom stereocenters. The predicted molar refractivity (Wildman–Crippen MR) is 77.1 cm³/mol. The van der Waals surface area contributed by atoms with Crippen LogP contribution in [0.2, 0.25) is 0 Å². The number of hydrogen-bond acceptors (Lipinski definition) is 4. The Morgan fingerprint density at radius 1 is 1.33 bits per heavy atom. The maximum atomic E-state index is 7.41. The molecule has 0 amide bonds. The van der Waals surface area contributed by atoms with E-state index in [1.165, 1.54) is 0 Å². The van der Waals surface area contributed by atoms with Gasteiger partial charge in [-0.15, -0.1) is 0 Å². The van der Waals surface area contributed by atoms with E-state index in [0.717, 1.165) is 12.2 Å². The molecule has 1 rings (SSSR count). The highest BCUT2D eigenvalue weighted by molar-refractivity contribution is 7.98. The lowest BCUT2D eigenvalue weighted by Gasteiger charge is -2.12. The third-order valence-electron chi connectivity index (χ3n) is 2.30. The first-order valence-electron chi connectivity index (χ1n) is 5.92. The Hall–Kier alpha value is -1.36. The Morgan fingerprint density at radius 2 is 2.11 bits per heavy atom. The first kappa shape index (κ1) is 14.7. The molecule has 0 fully saturated rings. The van der Waals surface area contributed by atoms with Gasteiger partial charge in [0, 0.05) is 5.56 Å². The zero-order valence-corrected chi connectivity index (χ0v) is 11.7. The van der Waals surface area contributed by atoms with Gasteiger partial charge in [0.25, 0.3) is 0 Å². The van der Waals surface area contributed by atoms with Crippen molar-refractivity contribution in [2.75, 3.05) is 25.2 Å². The van der Waals surface area contributed by atoms with E-state index in [1.54, 1.807) is 30.0 Å². The molecule has 1 aromatic carbocycles. The normalized spacial score (nSPS) is 10.1. The fourth-order valence-corrected chi connectivity index (χ4v) is 1.86. The molecule has 5 heteroatoms. The molecule has 0 aliphatic carbocycles. The Kier molecular flexibility index (Phi) is 6.43. The van der Waals surface area contributed by atoms with E-state index in [0.29, 0.717) is 30.3 Å². The molecule has 0 bridgehead atoms. The molecule has 0 aromatic heterocycles. The van der Waals surface area contributed by atoms with Crippen LogP contribution in [0.15, 0.2) is 18.2 Å². The van der Waals surface area contributed by atoms with E-state index in [2.05, 4.69) is 6.26 Å². The van der Waals surface area contributed by atoms with E-state index in [4.69, 9.17) is 20.6 Å². The van der Waals surface area contributed by atoms with Gasteiger partial charge in [0.1, 0.15) is 5.84 Å². The summed E-state index contributed by atoms with van der Waals surface area (Å²) >= 11 is 1.80. The van der Waals surface area contributed by atoms with Crippen molar-refractivity contribution in [3.05, 3.63) is 23.8 Å². The fraction of sp³-hybridized carbons (Fsp3) is 0.462. The minimum Gasteiger partial charge on any atom is -0.490 e. The van der Waals surface area contributed by atoms with Crippen LogP contribution in [0.25, 0.3) is 0 Å². The van der Waals surface area contributed by atoms with Crippen LogP contribution in [0.1, 0.15) is 18.9 Å². The Balaban J connectivity index is 2.73. The second-order valence-electron chi connectivity index (χ2n) is 3.70. The largest absolute Gasteiger partial charge is 0.490 e. The lowest BCUT2D eigenvalue weighted by Crippen LogP contribution is -2.11. The van der Waals surface area contributed by atoms with Crippen molar-refractivity contribution in [1.82, 2.24) is 0 Å². The Labute approximate surface area is 112 Å². The molecular formula is C13H20N2O2S. The van der Waals surface area contributed by atoms with E-state index < -0.39 is 0 Å². The van der Waals surface area contributed by atoms with Crippen molar-refractivity contribution in [3.63, 3.8) is 0 Å². The van der Waals surface area contributed by atoms with Gasteiger partial charge in [-0.3, -0.25) is 5.41 Å². The van der Waals surface area contributed by atoms with Gasteiger partial charge in [-0.05, 0) is 43.6 Å². The van der Waals surface area contributed by atoms with Crippen LogP contribution in [0.3, 0.4) is 0 Å². The molecule has 0 spiro atoms. The number of hydrogen-bond donors (Lipinski definition) is 2. The molecule has 0 radical (unpaired) electrons. The molecule has 0 saturated heterocycles. The smallest absolute Gasteiger partial charge is 0.161 e.